The van der Waals surface area contributed by atoms with Gasteiger partial charge in [0.15, 0.2) is 10.1 Å². The van der Waals surface area contributed by atoms with Crippen LogP contribution < -0.4 is 0 Å². The molecular weight excluding hydrogens is 371 g/mol. The average Bonchev–Trinajstić information content (AvgIpc) is 2.51. The maximum atomic E-state index is 10.7. The van der Waals surface area contributed by atoms with Crippen molar-refractivity contribution in [3.63, 3.8) is 0 Å². The third-order valence-corrected chi connectivity index (χ3v) is 3.90. The Hall–Kier alpha value is -1.81. The molecular formula is C16H26F3N3O3S. The first kappa shape index (κ1) is 24.2. The summed E-state index contributed by atoms with van der Waals surface area (Å²) < 4.78 is 61.1. The van der Waals surface area contributed by atoms with Crippen LogP contribution >= 0.6 is 0 Å². The monoisotopic (exact) mass is 397 g/mol. The van der Waals surface area contributed by atoms with Crippen LogP contribution in [0.2, 0.25) is 0 Å². The van der Waals surface area contributed by atoms with E-state index >= 15 is 0 Å². The zero-order chi connectivity index (χ0) is 20.5. The van der Waals surface area contributed by atoms with Crippen molar-refractivity contribution in [3.05, 3.63) is 35.9 Å². The fraction of sp³-hybridized carbons (Fsp3) is 0.562. The highest BCUT2D eigenvalue weighted by molar-refractivity contribution is 7.86. The third kappa shape index (κ3) is 8.05. The molecule has 0 aliphatic heterocycles. The number of hydrogen-bond donors (Lipinski definition) is 0. The van der Waals surface area contributed by atoms with Gasteiger partial charge in [0.1, 0.15) is 0 Å². The smallest absolute Gasteiger partial charge is 0.485 e. The molecule has 10 heteroatoms. The number of halogens is 3. The summed E-state index contributed by atoms with van der Waals surface area (Å²) in [4.78, 5) is 4.69. The van der Waals surface area contributed by atoms with E-state index in [0.717, 1.165) is 19.6 Å². The second-order valence-electron chi connectivity index (χ2n) is 5.61. The van der Waals surface area contributed by atoms with Crippen molar-refractivity contribution in [3.8, 4) is 0 Å². The van der Waals surface area contributed by atoms with Crippen LogP contribution in [-0.2, 0) is 16.7 Å². The minimum Gasteiger partial charge on any atom is -0.741 e. The van der Waals surface area contributed by atoms with Gasteiger partial charge in [-0.1, -0.05) is 30.3 Å². The van der Waals surface area contributed by atoms with Gasteiger partial charge in [0, 0.05) is 0 Å². The number of hydrogen-bond acceptors (Lipinski definition) is 3. The molecule has 1 aromatic carbocycles. The van der Waals surface area contributed by atoms with Gasteiger partial charge in [-0.05, 0) is 19.4 Å². The number of nitrogens with zero attached hydrogens (tertiary/aromatic N) is 3. The zero-order valence-corrected chi connectivity index (χ0v) is 16.4. The van der Waals surface area contributed by atoms with E-state index in [2.05, 4.69) is 79.7 Å². The Morgan fingerprint density at radius 2 is 1.54 bits per heavy atom. The molecule has 0 aromatic heterocycles. The number of alkyl halides is 3. The van der Waals surface area contributed by atoms with Crippen LogP contribution in [-0.4, -0.2) is 73.0 Å². The van der Waals surface area contributed by atoms with Gasteiger partial charge in [-0.15, -0.1) is 0 Å². The number of rotatable bonds is 4. The molecule has 1 aromatic rings. The van der Waals surface area contributed by atoms with E-state index in [1.807, 2.05) is 0 Å². The predicted octanol–water partition coefficient (Wildman–Crippen LogP) is 2.14. The average molecular weight is 397 g/mol. The Bertz CT molecular complexity index is 669. The Balaban J connectivity index is 0.000000660. The Kier molecular flexibility index (Phi) is 9.64. The molecule has 150 valence electrons. The standard InChI is InChI=1S/C15H26N3.CHF3O3S/c1-6-18(7-2)15(16(3)4)17(5)13-14-11-9-8-10-12-14;2-1(3,4)8(5,6)7/h8-12H,6-7,13H2,1-5H3;(H,5,6,7)/q+1;/p-1. The predicted molar refractivity (Wildman–Crippen MR) is 93.7 cm³/mol. The molecule has 0 heterocycles. The quantitative estimate of drug-likeness (QED) is 0.256. The van der Waals surface area contributed by atoms with Crippen LogP contribution in [0.3, 0.4) is 0 Å². The van der Waals surface area contributed by atoms with Gasteiger partial charge in [-0.3, -0.25) is 14.4 Å². The lowest BCUT2D eigenvalue weighted by atomic mass is 10.2. The van der Waals surface area contributed by atoms with Gasteiger partial charge in [0.05, 0.1) is 40.8 Å². The Morgan fingerprint density at radius 1 is 1.12 bits per heavy atom. The van der Waals surface area contributed by atoms with E-state index in [9.17, 15) is 13.2 Å². The summed E-state index contributed by atoms with van der Waals surface area (Å²) >= 11 is 0. The highest BCUT2D eigenvalue weighted by atomic mass is 32.2. The molecule has 6 nitrogen and oxygen atoms in total. The summed E-state index contributed by atoms with van der Waals surface area (Å²) in [6, 6.07) is 10.6. The van der Waals surface area contributed by atoms with Crippen LogP contribution in [0.15, 0.2) is 30.3 Å². The lowest BCUT2D eigenvalue weighted by Crippen LogP contribution is -2.46. The van der Waals surface area contributed by atoms with Crippen molar-refractivity contribution in [1.82, 2.24) is 9.80 Å². The third-order valence-electron chi connectivity index (χ3n) is 3.33. The van der Waals surface area contributed by atoms with Gasteiger partial charge < -0.3 is 4.55 Å². The molecule has 0 aliphatic carbocycles. The van der Waals surface area contributed by atoms with E-state index in [4.69, 9.17) is 13.0 Å². The Morgan fingerprint density at radius 3 is 1.85 bits per heavy atom. The zero-order valence-electron chi connectivity index (χ0n) is 15.6. The highest BCUT2D eigenvalue weighted by Crippen LogP contribution is 2.20. The first-order valence-electron chi connectivity index (χ1n) is 7.91. The molecule has 0 amide bonds. The van der Waals surface area contributed by atoms with Crippen LogP contribution in [0, 0.1) is 0 Å². The van der Waals surface area contributed by atoms with Crippen LogP contribution in [0.25, 0.3) is 0 Å². The molecule has 0 unspecified atom stereocenters. The summed E-state index contributed by atoms with van der Waals surface area (Å²) in [7, 11) is 0.276. The topological polar surface area (TPSA) is 66.7 Å². The summed E-state index contributed by atoms with van der Waals surface area (Å²) in [6.45, 7) is 7.39. The molecule has 0 saturated heterocycles. The number of guanidine groups is 1. The van der Waals surface area contributed by atoms with Crippen molar-refractivity contribution >= 4 is 16.1 Å². The van der Waals surface area contributed by atoms with Crippen molar-refractivity contribution < 1.29 is 30.7 Å². The molecule has 0 N–H and O–H groups in total. The van der Waals surface area contributed by atoms with Crippen molar-refractivity contribution in [2.24, 2.45) is 0 Å². The van der Waals surface area contributed by atoms with E-state index in [1.54, 1.807) is 0 Å². The van der Waals surface area contributed by atoms with Crippen molar-refractivity contribution in [2.75, 3.05) is 34.2 Å². The lowest BCUT2D eigenvalue weighted by molar-refractivity contribution is -0.476. The van der Waals surface area contributed by atoms with Gasteiger partial charge in [0.2, 0.25) is 0 Å². The molecule has 1 rings (SSSR count). The van der Waals surface area contributed by atoms with Crippen molar-refractivity contribution in [1.29, 1.82) is 0 Å². The molecule has 0 fully saturated rings. The molecule has 0 radical (unpaired) electrons. The van der Waals surface area contributed by atoms with Crippen molar-refractivity contribution in [2.45, 2.75) is 25.9 Å². The van der Waals surface area contributed by atoms with E-state index in [0.29, 0.717) is 0 Å². The van der Waals surface area contributed by atoms with Gasteiger partial charge >= 0.3 is 11.5 Å². The minimum atomic E-state index is -6.09. The van der Waals surface area contributed by atoms with E-state index in [-0.39, 0.29) is 0 Å². The fourth-order valence-electron chi connectivity index (χ4n) is 2.30. The lowest BCUT2D eigenvalue weighted by Gasteiger charge is -2.25. The summed E-state index contributed by atoms with van der Waals surface area (Å²) in [6.07, 6.45) is 0. The van der Waals surface area contributed by atoms with E-state index in [1.165, 1.54) is 11.5 Å². The largest absolute Gasteiger partial charge is 0.741 e. The second-order valence-corrected chi connectivity index (χ2v) is 6.98. The molecule has 0 bridgehead atoms. The SMILES string of the molecule is CCN(CC)C(N(C)Cc1ccccc1)=[N+](C)C.O=S(=O)([O-])C(F)(F)F. The molecule has 0 saturated carbocycles. The Labute approximate surface area is 153 Å². The van der Waals surface area contributed by atoms with Crippen LogP contribution in [0.5, 0.6) is 0 Å². The molecule has 26 heavy (non-hydrogen) atoms. The first-order chi connectivity index (χ1) is 11.8. The van der Waals surface area contributed by atoms with E-state index < -0.39 is 15.6 Å². The normalized spacial score (nSPS) is 11.3. The fourth-order valence-corrected chi connectivity index (χ4v) is 2.30. The maximum Gasteiger partial charge on any atom is 0.485 e. The highest BCUT2D eigenvalue weighted by Gasteiger charge is 2.36. The second kappa shape index (κ2) is 10.4. The van der Waals surface area contributed by atoms with Gasteiger partial charge in [-0.2, -0.15) is 13.2 Å². The minimum absolute atomic E-state index is 0.935. The molecule has 0 spiro atoms. The van der Waals surface area contributed by atoms with Crippen LogP contribution in [0.1, 0.15) is 19.4 Å². The maximum absolute atomic E-state index is 10.7. The first-order valence-corrected chi connectivity index (χ1v) is 9.32. The van der Waals surface area contributed by atoms with Gasteiger partial charge in [0.25, 0.3) is 0 Å². The van der Waals surface area contributed by atoms with Crippen LogP contribution in [0.4, 0.5) is 13.2 Å². The van der Waals surface area contributed by atoms with Gasteiger partial charge in [-0.25, -0.2) is 8.42 Å². The summed E-state index contributed by atoms with van der Waals surface area (Å²) in [5, 5.41) is 0. The summed E-state index contributed by atoms with van der Waals surface area (Å²) in [5.74, 6) is 1.27. The number of benzene rings is 1. The molecule has 0 atom stereocenters. The summed E-state index contributed by atoms with van der Waals surface area (Å²) in [5.41, 5.74) is -4.31. The molecule has 0 aliphatic rings.